The second kappa shape index (κ2) is 10.5. The van der Waals surface area contributed by atoms with Gasteiger partial charge >= 0.3 is 5.97 Å². The van der Waals surface area contributed by atoms with Gasteiger partial charge in [-0.2, -0.15) is 0 Å². The number of carboxylic acids is 1. The number of aliphatic carboxylic acids is 1. The molecule has 5 fully saturated rings. The van der Waals surface area contributed by atoms with Crippen molar-refractivity contribution in [2.75, 3.05) is 6.61 Å². The van der Waals surface area contributed by atoms with Crippen LogP contribution in [0.1, 0.15) is 119 Å². The molecule has 0 aromatic rings. The summed E-state index contributed by atoms with van der Waals surface area (Å²) in [6.07, 6.45) is 7.70. The molecule has 1 aliphatic heterocycles. The standard InChI is InChI=1S/C37H60O7/c1-32(2)14-16-37(31(42)43)17-15-35(6)22(23(37)19-32)8-9-27-34(5)12-10-21(33(3,4)26(34)11-13-36(27,35)7)18-24-28(39)30(41)29(40)25(20-38)44-24/h8,21,23-30,38-41H,9-20H2,1-7H3,(H,42,43)/t21-,23?,24+,25?,26?,27?,28?,29-,30?,34+,35-,36-,37+/m1/s1. The molecular formula is C37H60O7. The minimum Gasteiger partial charge on any atom is -0.481 e. The van der Waals surface area contributed by atoms with Crippen molar-refractivity contribution in [2.24, 2.45) is 56.2 Å². The Balaban J connectivity index is 1.29. The van der Waals surface area contributed by atoms with Crippen LogP contribution in [0.5, 0.6) is 0 Å². The molecule has 0 aromatic heterocycles. The fraction of sp³-hybridized carbons (Fsp3) is 0.919. The zero-order valence-corrected chi connectivity index (χ0v) is 28.3. The Kier molecular flexibility index (Phi) is 7.86. The van der Waals surface area contributed by atoms with E-state index in [1.54, 1.807) is 0 Å². The lowest BCUT2D eigenvalue weighted by Crippen LogP contribution is -2.65. The maximum Gasteiger partial charge on any atom is 0.310 e. The molecule has 13 atom stereocenters. The van der Waals surface area contributed by atoms with Gasteiger partial charge in [0.25, 0.3) is 0 Å². The summed E-state index contributed by atoms with van der Waals surface area (Å²) in [4.78, 5) is 12.9. The molecule has 4 saturated carbocycles. The van der Waals surface area contributed by atoms with Crippen LogP contribution in [-0.2, 0) is 9.53 Å². The third-order valence-corrected chi connectivity index (χ3v) is 15.8. The van der Waals surface area contributed by atoms with Crippen LogP contribution in [0.15, 0.2) is 11.6 Å². The van der Waals surface area contributed by atoms with E-state index in [1.165, 1.54) is 5.57 Å². The summed E-state index contributed by atoms with van der Waals surface area (Å²) in [7, 11) is 0. The minimum absolute atomic E-state index is 0.00173. The molecule has 1 saturated heterocycles. The highest BCUT2D eigenvalue weighted by molar-refractivity contribution is 5.76. The fourth-order valence-corrected chi connectivity index (χ4v) is 12.8. The van der Waals surface area contributed by atoms with Gasteiger partial charge in [0, 0.05) is 0 Å². The number of allylic oxidation sites excluding steroid dienone is 2. The van der Waals surface area contributed by atoms with Crippen molar-refractivity contribution in [1.82, 2.24) is 0 Å². The summed E-state index contributed by atoms with van der Waals surface area (Å²) >= 11 is 0. The molecule has 5 aliphatic carbocycles. The first-order valence-electron chi connectivity index (χ1n) is 17.6. The summed E-state index contributed by atoms with van der Waals surface area (Å²) in [5.74, 6) is 0.835. The number of hydrogen-bond donors (Lipinski definition) is 5. The summed E-state index contributed by atoms with van der Waals surface area (Å²) in [5.41, 5.74) is 1.24. The van der Waals surface area contributed by atoms with Gasteiger partial charge in [0.05, 0.1) is 18.1 Å². The first-order chi connectivity index (χ1) is 20.4. The second-order valence-corrected chi connectivity index (χ2v) is 18.3. The van der Waals surface area contributed by atoms with Crippen LogP contribution in [-0.4, -0.2) is 68.6 Å². The largest absolute Gasteiger partial charge is 0.481 e. The van der Waals surface area contributed by atoms with Crippen molar-refractivity contribution < 1.29 is 35.1 Å². The molecule has 5 N–H and O–H groups in total. The van der Waals surface area contributed by atoms with E-state index in [-0.39, 0.29) is 38.9 Å². The highest BCUT2D eigenvalue weighted by atomic mass is 16.5. The summed E-state index contributed by atoms with van der Waals surface area (Å²) < 4.78 is 5.99. The highest BCUT2D eigenvalue weighted by Gasteiger charge is 2.69. The fourth-order valence-electron chi connectivity index (χ4n) is 12.8. The molecule has 0 radical (unpaired) electrons. The van der Waals surface area contributed by atoms with E-state index in [2.05, 4.69) is 54.5 Å². The van der Waals surface area contributed by atoms with Crippen molar-refractivity contribution in [2.45, 2.75) is 150 Å². The number of ether oxygens (including phenoxy) is 1. The third kappa shape index (κ3) is 4.41. The molecule has 6 aliphatic rings. The van der Waals surface area contributed by atoms with E-state index in [1.807, 2.05) is 0 Å². The number of hydrogen-bond acceptors (Lipinski definition) is 6. The number of rotatable bonds is 4. The van der Waals surface area contributed by atoms with Crippen LogP contribution < -0.4 is 0 Å². The molecule has 250 valence electrons. The summed E-state index contributed by atoms with van der Waals surface area (Å²) in [6.45, 7) is 16.6. The van der Waals surface area contributed by atoms with Gasteiger partial charge in [0.15, 0.2) is 0 Å². The first-order valence-corrected chi connectivity index (χ1v) is 17.6. The number of aliphatic hydroxyl groups excluding tert-OH is 4. The molecule has 1 heterocycles. The van der Waals surface area contributed by atoms with Crippen LogP contribution in [0.25, 0.3) is 0 Å². The zero-order chi connectivity index (χ0) is 32.3. The molecule has 7 heteroatoms. The Bertz CT molecular complexity index is 1180. The highest BCUT2D eigenvalue weighted by Crippen LogP contribution is 2.76. The maximum absolute atomic E-state index is 12.9. The molecule has 0 spiro atoms. The van der Waals surface area contributed by atoms with Gasteiger partial charge in [-0.25, -0.2) is 0 Å². The van der Waals surface area contributed by atoms with Gasteiger partial charge in [-0.05, 0) is 121 Å². The monoisotopic (exact) mass is 616 g/mol. The Labute approximate surface area is 264 Å². The predicted molar refractivity (Wildman–Crippen MR) is 169 cm³/mol. The van der Waals surface area contributed by atoms with Gasteiger partial charge in [-0.3, -0.25) is 4.79 Å². The van der Waals surface area contributed by atoms with Crippen molar-refractivity contribution in [3.8, 4) is 0 Å². The van der Waals surface area contributed by atoms with E-state index in [9.17, 15) is 30.3 Å². The van der Waals surface area contributed by atoms with Crippen molar-refractivity contribution in [3.05, 3.63) is 11.6 Å². The number of carbonyl (C=O) groups is 1. The van der Waals surface area contributed by atoms with E-state index in [0.717, 1.165) is 64.2 Å². The van der Waals surface area contributed by atoms with Crippen LogP contribution in [0, 0.1) is 56.2 Å². The predicted octanol–water partition coefficient (Wildman–Crippen LogP) is 5.72. The average molecular weight is 617 g/mol. The number of carboxylic acid groups (broad SMARTS) is 1. The average Bonchev–Trinajstić information content (AvgIpc) is 2.94. The third-order valence-electron chi connectivity index (χ3n) is 15.8. The zero-order valence-electron chi connectivity index (χ0n) is 28.3. The molecule has 0 bridgehead atoms. The SMILES string of the molecule is CC1(C)CC[C@]2(C(=O)O)CC[C@]3(C)C(=CCC4[C@@]5(C)CC[C@H](C[C@@H]6OC(CO)[C@@H](O)C(O)C6O)C(C)(C)C5CC[C@]43C)C2C1. The van der Waals surface area contributed by atoms with Gasteiger partial charge in [-0.1, -0.05) is 60.1 Å². The van der Waals surface area contributed by atoms with Crippen molar-refractivity contribution in [3.63, 3.8) is 0 Å². The number of fused-ring (bicyclic) bond motifs is 7. The van der Waals surface area contributed by atoms with Crippen LogP contribution in [0.4, 0.5) is 0 Å². The van der Waals surface area contributed by atoms with E-state index in [0.29, 0.717) is 18.3 Å². The lowest BCUT2D eigenvalue weighted by molar-refractivity contribution is -0.241. The molecule has 0 amide bonds. The summed E-state index contributed by atoms with van der Waals surface area (Å²) in [5, 5.41) is 52.0. The number of aliphatic hydroxyl groups is 4. The van der Waals surface area contributed by atoms with Crippen molar-refractivity contribution in [1.29, 1.82) is 0 Å². The molecule has 44 heavy (non-hydrogen) atoms. The topological polar surface area (TPSA) is 127 Å². The van der Waals surface area contributed by atoms with Crippen LogP contribution >= 0.6 is 0 Å². The van der Waals surface area contributed by atoms with E-state index >= 15 is 0 Å². The van der Waals surface area contributed by atoms with Gasteiger partial charge in [-0.15, -0.1) is 0 Å². The van der Waals surface area contributed by atoms with Crippen LogP contribution in [0.3, 0.4) is 0 Å². The Morgan fingerprint density at radius 3 is 2.16 bits per heavy atom. The summed E-state index contributed by atoms with van der Waals surface area (Å²) in [6, 6.07) is 0. The molecule has 7 nitrogen and oxygen atoms in total. The van der Waals surface area contributed by atoms with E-state index in [4.69, 9.17) is 4.74 Å². The normalized spacial score (nSPS) is 52.9. The van der Waals surface area contributed by atoms with Crippen LogP contribution in [0.2, 0.25) is 0 Å². The van der Waals surface area contributed by atoms with Gasteiger partial charge in [0.2, 0.25) is 0 Å². The van der Waals surface area contributed by atoms with Gasteiger partial charge < -0.3 is 30.3 Å². The molecule has 0 aromatic carbocycles. The lowest BCUT2D eigenvalue weighted by atomic mass is 9.33. The molecule has 6 rings (SSSR count). The maximum atomic E-state index is 12.9. The van der Waals surface area contributed by atoms with E-state index < -0.39 is 48.5 Å². The second-order valence-electron chi connectivity index (χ2n) is 18.3. The van der Waals surface area contributed by atoms with Crippen molar-refractivity contribution >= 4 is 5.97 Å². The quantitative estimate of drug-likeness (QED) is 0.256. The Morgan fingerprint density at radius 2 is 1.50 bits per heavy atom. The smallest absolute Gasteiger partial charge is 0.310 e. The minimum atomic E-state index is -1.33. The Morgan fingerprint density at radius 1 is 0.841 bits per heavy atom. The van der Waals surface area contributed by atoms with Gasteiger partial charge in [0.1, 0.15) is 24.4 Å². The lowest BCUT2D eigenvalue weighted by Gasteiger charge is -2.71. The first kappa shape index (κ1) is 32.9. The molecule has 6 unspecified atom stereocenters. The molecular weight excluding hydrogens is 556 g/mol. The Hall–Kier alpha value is -0.990.